The number of halogens is 6. The molecule has 2 aliphatic heterocycles. The molecule has 0 aromatic carbocycles. The topological polar surface area (TPSA) is 51.2 Å². The highest BCUT2D eigenvalue weighted by Crippen LogP contribution is 2.25. The standard InChI is InChI=1S/C21H31F6N5O/c1-4-15(3)18(29-12-16(5-2)21(25,26)27)30-8-10-31(11-9-30)19(33)17-13-28-6-7-32(17)14-20(22,23)24/h5,12,17,28H,4,6-11,13-14H2,1-3H3/b16-5+,18-15-,29-12-. The molecule has 2 heterocycles. The van der Waals surface area contributed by atoms with Crippen molar-refractivity contribution in [2.45, 2.75) is 45.6 Å². The number of rotatable bonds is 6. The summed E-state index contributed by atoms with van der Waals surface area (Å²) in [6, 6.07) is -0.902. The minimum atomic E-state index is -4.51. The predicted molar refractivity (Wildman–Crippen MR) is 114 cm³/mol. The lowest BCUT2D eigenvalue weighted by molar-refractivity contribution is -0.161. The van der Waals surface area contributed by atoms with Gasteiger partial charge in [-0.2, -0.15) is 26.3 Å². The van der Waals surface area contributed by atoms with E-state index in [4.69, 9.17) is 0 Å². The van der Waals surface area contributed by atoms with E-state index in [-0.39, 0.29) is 32.1 Å². The molecule has 1 unspecified atom stereocenters. The van der Waals surface area contributed by atoms with Crippen molar-refractivity contribution < 1.29 is 31.1 Å². The highest BCUT2D eigenvalue weighted by atomic mass is 19.4. The first kappa shape index (κ1) is 27.2. The quantitative estimate of drug-likeness (QED) is 0.466. The molecular formula is C21H31F6N5O. The Kier molecular flexibility index (Phi) is 9.36. The van der Waals surface area contributed by atoms with Gasteiger partial charge in [0.05, 0.1) is 12.1 Å². The molecule has 188 valence electrons. The van der Waals surface area contributed by atoms with Crippen LogP contribution in [0.2, 0.25) is 0 Å². The van der Waals surface area contributed by atoms with Crippen molar-refractivity contribution in [3.05, 3.63) is 23.0 Å². The van der Waals surface area contributed by atoms with Gasteiger partial charge in [-0.3, -0.25) is 9.69 Å². The number of nitrogens with one attached hydrogen (secondary N) is 1. The number of carbonyl (C=O) groups excluding carboxylic acids is 1. The zero-order valence-corrected chi connectivity index (χ0v) is 19.1. The highest BCUT2D eigenvalue weighted by molar-refractivity contribution is 5.82. The van der Waals surface area contributed by atoms with Crippen LogP contribution in [0.1, 0.15) is 27.2 Å². The molecule has 0 bridgehead atoms. The molecule has 2 rings (SSSR count). The molecule has 2 fully saturated rings. The molecule has 6 nitrogen and oxygen atoms in total. The van der Waals surface area contributed by atoms with Crippen LogP contribution < -0.4 is 5.32 Å². The summed E-state index contributed by atoms with van der Waals surface area (Å²) in [6.07, 6.45) is -6.57. The van der Waals surface area contributed by atoms with Crippen LogP contribution in [0, 0.1) is 0 Å². The molecule has 1 amide bonds. The average molecular weight is 484 g/mol. The average Bonchev–Trinajstić information content (AvgIpc) is 2.74. The summed E-state index contributed by atoms with van der Waals surface area (Å²) in [6.45, 7) is 5.60. The molecule has 2 aliphatic rings. The molecular weight excluding hydrogens is 452 g/mol. The van der Waals surface area contributed by atoms with Crippen LogP contribution in [0.4, 0.5) is 26.3 Å². The maximum Gasteiger partial charge on any atom is 0.417 e. The van der Waals surface area contributed by atoms with Crippen molar-refractivity contribution in [2.75, 3.05) is 52.4 Å². The zero-order chi connectivity index (χ0) is 24.8. The summed E-state index contributed by atoms with van der Waals surface area (Å²) in [5.74, 6) is 0.0480. The number of alkyl halides is 6. The first-order valence-corrected chi connectivity index (χ1v) is 10.9. The summed E-state index contributed by atoms with van der Waals surface area (Å²) in [7, 11) is 0. The fourth-order valence-corrected chi connectivity index (χ4v) is 3.82. The van der Waals surface area contributed by atoms with E-state index in [0.717, 1.165) is 22.8 Å². The molecule has 1 N–H and O–H groups in total. The van der Waals surface area contributed by atoms with Gasteiger partial charge in [0.1, 0.15) is 11.9 Å². The first-order valence-electron chi connectivity index (χ1n) is 10.9. The van der Waals surface area contributed by atoms with Crippen molar-refractivity contribution in [1.29, 1.82) is 0 Å². The Morgan fingerprint density at radius 1 is 1.06 bits per heavy atom. The number of nitrogens with zero attached hydrogens (tertiary/aromatic N) is 4. The van der Waals surface area contributed by atoms with Crippen molar-refractivity contribution in [2.24, 2.45) is 4.99 Å². The van der Waals surface area contributed by atoms with Gasteiger partial charge >= 0.3 is 12.4 Å². The minimum absolute atomic E-state index is 0.125. The number of amides is 1. The fraction of sp³-hybridized carbons (Fsp3) is 0.714. The van der Waals surface area contributed by atoms with Crippen LogP contribution in [0.5, 0.6) is 0 Å². The summed E-state index contributed by atoms with van der Waals surface area (Å²) in [4.78, 5) is 21.6. The molecule has 33 heavy (non-hydrogen) atoms. The third-order valence-electron chi connectivity index (χ3n) is 5.79. The monoisotopic (exact) mass is 483 g/mol. The first-order chi connectivity index (χ1) is 15.4. The Bertz CT molecular complexity index is 766. The van der Waals surface area contributed by atoms with E-state index in [1.165, 1.54) is 11.8 Å². The van der Waals surface area contributed by atoms with E-state index in [2.05, 4.69) is 10.3 Å². The van der Waals surface area contributed by atoms with Gasteiger partial charge < -0.3 is 15.1 Å². The van der Waals surface area contributed by atoms with Crippen LogP contribution in [-0.2, 0) is 4.79 Å². The molecule has 12 heteroatoms. The normalized spacial score (nSPS) is 22.7. The van der Waals surface area contributed by atoms with E-state index in [1.54, 1.807) is 6.92 Å². The summed E-state index contributed by atoms with van der Waals surface area (Å²) >= 11 is 0. The largest absolute Gasteiger partial charge is 0.417 e. The maximum absolute atomic E-state index is 13.0. The maximum atomic E-state index is 13.0. The molecule has 0 aliphatic carbocycles. The number of hydrogen-bond donors (Lipinski definition) is 1. The van der Waals surface area contributed by atoms with Gasteiger partial charge in [-0.1, -0.05) is 13.0 Å². The lowest BCUT2D eigenvalue weighted by Crippen LogP contribution is -2.62. The minimum Gasteiger partial charge on any atom is -0.353 e. The predicted octanol–water partition coefficient (Wildman–Crippen LogP) is 3.19. The second-order valence-electron chi connectivity index (χ2n) is 8.08. The Labute approximate surface area is 190 Å². The number of carbonyl (C=O) groups is 1. The summed E-state index contributed by atoms with van der Waals surface area (Å²) < 4.78 is 77.8. The molecule has 0 aromatic rings. The smallest absolute Gasteiger partial charge is 0.353 e. The van der Waals surface area contributed by atoms with Crippen LogP contribution in [0.15, 0.2) is 28.0 Å². The fourth-order valence-electron chi connectivity index (χ4n) is 3.82. The number of hydrogen-bond acceptors (Lipinski definition) is 5. The second-order valence-corrected chi connectivity index (χ2v) is 8.08. The molecule has 1 atom stereocenters. The van der Waals surface area contributed by atoms with Gasteiger partial charge in [-0.25, -0.2) is 4.99 Å². The summed E-state index contributed by atoms with van der Waals surface area (Å²) in [5, 5.41) is 2.97. The van der Waals surface area contributed by atoms with Gasteiger partial charge in [0, 0.05) is 52.0 Å². The molecule has 0 radical (unpaired) electrons. The van der Waals surface area contributed by atoms with E-state index in [1.807, 2.05) is 11.8 Å². The third-order valence-corrected chi connectivity index (χ3v) is 5.79. The molecule has 0 aromatic heterocycles. The van der Waals surface area contributed by atoms with Gasteiger partial charge in [0.25, 0.3) is 0 Å². The molecule has 2 saturated heterocycles. The number of aliphatic imine (C=N–C) groups is 1. The Hall–Kier alpha value is -2.08. The Morgan fingerprint density at radius 3 is 2.18 bits per heavy atom. The second kappa shape index (κ2) is 11.4. The third kappa shape index (κ3) is 7.73. The lowest BCUT2D eigenvalue weighted by Gasteiger charge is -2.41. The van der Waals surface area contributed by atoms with E-state index < -0.39 is 30.5 Å². The van der Waals surface area contributed by atoms with Crippen molar-refractivity contribution in [3.63, 3.8) is 0 Å². The SMILES string of the molecule is C\C=C(/C=N\C(=C(/C)CC)N1CCN(C(=O)C2CNCCN2CC(F)(F)F)CC1)C(F)(F)F. The van der Waals surface area contributed by atoms with Crippen molar-refractivity contribution >= 4 is 12.1 Å². The van der Waals surface area contributed by atoms with Crippen LogP contribution in [-0.4, -0.2) is 97.6 Å². The van der Waals surface area contributed by atoms with E-state index in [0.29, 0.717) is 31.9 Å². The lowest BCUT2D eigenvalue weighted by atomic mass is 10.1. The van der Waals surface area contributed by atoms with Crippen LogP contribution >= 0.6 is 0 Å². The Morgan fingerprint density at radius 2 is 1.67 bits per heavy atom. The van der Waals surface area contributed by atoms with E-state index >= 15 is 0 Å². The highest BCUT2D eigenvalue weighted by Gasteiger charge is 2.39. The van der Waals surface area contributed by atoms with Gasteiger partial charge in [0.15, 0.2) is 0 Å². The number of piperazine rings is 2. The molecule has 0 saturated carbocycles. The zero-order valence-electron chi connectivity index (χ0n) is 19.1. The van der Waals surface area contributed by atoms with Crippen LogP contribution in [0.25, 0.3) is 0 Å². The van der Waals surface area contributed by atoms with Crippen LogP contribution in [0.3, 0.4) is 0 Å². The van der Waals surface area contributed by atoms with Crippen molar-refractivity contribution in [1.82, 2.24) is 20.0 Å². The molecule has 0 spiro atoms. The van der Waals surface area contributed by atoms with Crippen molar-refractivity contribution in [3.8, 4) is 0 Å². The number of allylic oxidation sites excluding steroid dienone is 3. The van der Waals surface area contributed by atoms with Gasteiger partial charge in [-0.15, -0.1) is 0 Å². The van der Waals surface area contributed by atoms with Gasteiger partial charge in [-0.05, 0) is 25.8 Å². The Balaban J connectivity index is 2.08. The van der Waals surface area contributed by atoms with E-state index in [9.17, 15) is 31.1 Å². The summed E-state index contributed by atoms with van der Waals surface area (Å²) in [5.41, 5.74) is -0.0521. The van der Waals surface area contributed by atoms with Gasteiger partial charge in [0.2, 0.25) is 5.91 Å².